The zero-order chi connectivity index (χ0) is 11.4. The van der Waals surface area contributed by atoms with E-state index in [9.17, 15) is 9.90 Å². The molecule has 0 bridgehead atoms. The molecule has 0 aliphatic heterocycles. The summed E-state index contributed by atoms with van der Waals surface area (Å²) in [6, 6.07) is 3.23. The molecule has 0 amide bonds. The zero-order valence-corrected chi connectivity index (χ0v) is 8.91. The number of hydrogen-bond acceptors (Lipinski definition) is 3. The highest BCUT2D eigenvalue weighted by molar-refractivity contribution is 5.90. The summed E-state index contributed by atoms with van der Waals surface area (Å²) in [4.78, 5) is 11.3. The van der Waals surface area contributed by atoms with Crippen LogP contribution in [0.25, 0.3) is 0 Å². The van der Waals surface area contributed by atoms with Gasteiger partial charge in [0.15, 0.2) is 0 Å². The number of methoxy groups -OCH3 is 1. The van der Waals surface area contributed by atoms with Crippen LogP contribution in [0.3, 0.4) is 0 Å². The minimum absolute atomic E-state index is 0.211. The average Bonchev–Trinajstić information content (AvgIpc) is 2.23. The van der Waals surface area contributed by atoms with Gasteiger partial charge in [-0.05, 0) is 36.6 Å². The Morgan fingerprint density at radius 2 is 2.27 bits per heavy atom. The lowest BCUT2D eigenvalue weighted by atomic mass is 10.0. The highest BCUT2D eigenvalue weighted by Gasteiger charge is 2.11. The van der Waals surface area contributed by atoms with Crippen molar-refractivity contribution in [2.45, 2.75) is 13.3 Å². The number of phenolic OH excluding ortho intramolecular Hbond substituents is 1. The third-order valence-electron chi connectivity index (χ3n) is 2.16. The van der Waals surface area contributed by atoms with E-state index in [1.165, 1.54) is 7.11 Å². The maximum absolute atomic E-state index is 11.3. The van der Waals surface area contributed by atoms with Crippen molar-refractivity contribution >= 4 is 5.97 Å². The van der Waals surface area contributed by atoms with Gasteiger partial charge in [0, 0.05) is 0 Å². The lowest BCUT2D eigenvalue weighted by molar-refractivity contribution is 0.0600. The smallest absolute Gasteiger partial charge is 0.337 e. The van der Waals surface area contributed by atoms with Gasteiger partial charge in [-0.1, -0.05) is 6.08 Å². The Bertz CT molecular complexity index is 394. The first-order valence-electron chi connectivity index (χ1n) is 4.61. The van der Waals surface area contributed by atoms with Crippen molar-refractivity contribution in [1.82, 2.24) is 0 Å². The predicted octanol–water partition coefficient (Wildman–Crippen LogP) is 2.22. The number of carbonyl (C=O) groups excluding carboxylic acids is 1. The molecule has 3 nitrogen and oxygen atoms in total. The van der Waals surface area contributed by atoms with Crippen molar-refractivity contribution < 1.29 is 14.6 Å². The summed E-state index contributed by atoms with van der Waals surface area (Å²) in [5.41, 5.74) is 1.80. The fourth-order valence-electron chi connectivity index (χ4n) is 1.40. The fraction of sp³-hybridized carbons (Fsp3) is 0.250. The number of ether oxygens (including phenoxy) is 1. The number of allylic oxidation sites excluding steroid dienone is 1. The van der Waals surface area contributed by atoms with Crippen molar-refractivity contribution in [3.8, 4) is 5.75 Å². The van der Waals surface area contributed by atoms with Gasteiger partial charge in [-0.15, -0.1) is 6.58 Å². The molecule has 15 heavy (non-hydrogen) atoms. The minimum atomic E-state index is -0.400. The summed E-state index contributed by atoms with van der Waals surface area (Å²) in [6.07, 6.45) is 2.20. The van der Waals surface area contributed by atoms with E-state index < -0.39 is 5.97 Å². The van der Waals surface area contributed by atoms with Crippen molar-refractivity contribution in [2.75, 3.05) is 7.11 Å². The number of hydrogen-bond donors (Lipinski definition) is 1. The molecule has 0 spiro atoms. The Kier molecular flexibility index (Phi) is 3.50. The van der Waals surface area contributed by atoms with Gasteiger partial charge in [0.1, 0.15) is 5.75 Å². The number of aromatic hydroxyl groups is 1. The van der Waals surface area contributed by atoms with Crippen LogP contribution in [0.1, 0.15) is 21.5 Å². The molecular formula is C12H14O3. The minimum Gasteiger partial charge on any atom is -0.507 e. The van der Waals surface area contributed by atoms with Crippen molar-refractivity contribution in [3.63, 3.8) is 0 Å². The number of carbonyl (C=O) groups is 1. The molecule has 3 heteroatoms. The Hall–Kier alpha value is -1.77. The molecule has 0 unspecified atom stereocenters. The molecule has 1 rings (SSSR count). The zero-order valence-electron chi connectivity index (χ0n) is 8.91. The Labute approximate surface area is 89.0 Å². The van der Waals surface area contributed by atoms with Gasteiger partial charge in [0.05, 0.1) is 12.7 Å². The quantitative estimate of drug-likeness (QED) is 0.609. The van der Waals surface area contributed by atoms with Crippen LogP contribution in [-0.2, 0) is 11.2 Å². The van der Waals surface area contributed by atoms with Crippen LogP contribution < -0.4 is 0 Å². The number of rotatable bonds is 3. The average molecular weight is 206 g/mol. The molecule has 1 aromatic carbocycles. The van der Waals surface area contributed by atoms with E-state index in [-0.39, 0.29) is 5.75 Å². The van der Waals surface area contributed by atoms with Gasteiger partial charge < -0.3 is 9.84 Å². The van der Waals surface area contributed by atoms with Gasteiger partial charge in [-0.3, -0.25) is 0 Å². The maximum Gasteiger partial charge on any atom is 0.337 e. The SMILES string of the molecule is C=CCc1cc(C(=O)OC)cc(C)c1O. The molecule has 0 heterocycles. The van der Waals surface area contributed by atoms with Crippen LogP contribution in [0.5, 0.6) is 5.75 Å². The van der Waals surface area contributed by atoms with Crippen LogP contribution in [0, 0.1) is 6.92 Å². The summed E-state index contributed by atoms with van der Waals surface area (Å²) in [5.74, 6) is -0.189. The van der Waals surface area contributed by atoms with E-state index in [0.29, 0.717) is 23.1 Å². The number of esters is 1. The largest absolute Gasteiger partial charge is 0.507 e. The molecule has 0 saturated carbocycles. The van der Waals surface area contributed by atoms with Gasteiger partial charge in [-0.25, -0.2) is 4.79 Å². The lowest BCUT2D eigenvalue weighted by Crippen LogP contribution is -2.03. The Morgan fingerprint density at radius 1 is 1.60 bits per heavy atom. The predicted molar refractivity (Wildman–Crippen MR) is 58.1 cm³/mol. The van der Waals surface area contributed by atoms with E-state index in [1.807, 2.05) is 0 Å². The van der Waals surface area contributed by atoms with Crippen molar-refractivity contribution in [2.24, 2.45) is 0 Å². The lowest BCUT2D eigenvalue weighted by Gasteiger charge is -2.08. The molecular weight excluding hydrogens is 192 g/mol. The standard InChI is InChI=1S/C12H14O3/c1-4-5-9-7-10(12(14)15-3)6-8(2)11(9)13/h4,6-7,13H,1,5H2,2-3H3. The van der Waals surface area contributed by atoms with Crippen molar-refractivity contribution in [1.29, 1.82) is 0 Å². The number of phenols is 1. The highest BCUT2D eigenvalue weighted by Crippen LogP contribution is 2.24. The maximum atomic E-state index is 11.3. The molecule has 0 fully saturated rings. The summed E-state index contributed by atoms with van der Waals surface area (Å²) >= 11 is 0. The van der Waals surface area contributed by atoms with E-state index in [2.05, 4.69) is 11.3 Å². The molecule has 0 aliphatic carbocycles. The first-order valence-corrected chi connectivity index (χ1v) is 4.61. The second-order valence-corrected chi connectivity index (χ2v) is 3.29. The second kappa shape index (κ2) is 4.64. The first-order chi connectivity index (χ1) is 7.10. The van der Waals surface area contributed by atoms with E-state index in [1.54, 1.807) is 25.1 Å². The molecule has 0 atom stereocenters. The van der Waals surface area contributed by atoms with Crippen LogP contribution >= 0.6 is 0 Å². The summed E-state index contributed by atoms with van der Waals surface area (Å²) in [7, 11) is 1.33. The molecule has 80 valence electrons. The Balaban J connectivity index is 3.22. The van der Waals surface area contributed by atoms with Gasteiger partial charge in [0.25, 0.3) is 0 Å². The van der Waals surface area contributed by atoms with Crippen molar-refractivity contribution in [3.05, 3.63) is 41.5 Å². The van der Waals surface area contributed by atoms with Crippen LogP contribution in [0.15, 0.2) is 24.8 Å². The summed E-state index contributed by atoms with van der Waals surface area (Å²) in [6.45, 7) is 5.34. The monoisotopic (exact) mass is 206 g/mol. The first kappa shape index (κ1) is 11.3. The van der Waals surface area contributed by atoms with Gasteiger partial charge >= 0.3 is 5.97 Å². The molecule has 0 aliphatic rings. The molecule has 0 aromatic heterocycles. The molecule has 1 N–H and O–H groups in total. The third kappa shape index (κ3) is 2.37. The number of benzene rings is 1. The molecule has 0 saturated heterocycles. The summed E-state index contributed by atoms with van der Waals surface area (Å²) in [5, 5.41) is 9.71. The van der Waals surface area contributed by atoms with Gasteiger partial charge in [0.2, 0.25) is 0 Å². The highest BCUT2D eigenvalue weighted by atomic mass is 16.5. The Morgan fingerprint density at radius 3 is 2.80 bits per heavy atom. The van der Waals surface area contributed by atoms with E-state index >= 15 is 0 Å². The summed E-state index contributed by atoms with van der Waals surface area (Å²) < 4.78 is 4.62. The normalized spacial score (nSPS) is 9.73. The molecule has 0 radical (unpaired) electrons. The topological polar surface area (TPSA) is 46.5 Å². The van der Waals surface area contributed by atoms with Crippen LogP contribution in [-0.4, -0.2) is 18.2 Å². The third-order valence-corrected chi connectivity index (χ3v) is 2.16. The molecule has 1 aromatic rings. The van der Waals surface area contributed by atoms with E-state index in [4.69, 9.17) is 0 Å². The van der Waals surface area contributed by atoms with Crippen LogP contribution in [0.4, 0.5) is 0 Å². The van der Waals surface area contributed by atoms with E-state index in [0.717, 1.165) is 0 Å². The van der Waals surface area contributed by atoms with Crippen LogP contribution in [0.2, 0.25) is 0 Å². The fourth-order valence-corrected chi connectivity index (χ4v) is 1.40. The van der Waals surface area contributed by atoms with Gasteiger partial charge in [-0.2, -0.15) is 0 Å². The number of aryl methyl sites for hydroxylation is 1. The second-order valence-electron chi connectivity index (χ2n) is 3.29.